The molecule has 0 aromatic rings. The molecule has 0 atom stereocenters. The zero-order valence-electron chi connectivity index (χ0n) is 8.66. The van der Waals surface area contributed by atoms with E-state index in [2.05, 4.69) is 5.32 Å². The molecule has 0 aromatic heterocycles. The van der Waals surface area contributed by atoms with Crippen LogP contribution in [0.5, 0.6) is 0 Å². The number of nitrogens with one attached hydrogen (secondary N) is 1. The number of hydrogen-bond acceptors (Lipinski definition) is 3. The Morgan fingerprint density at radius 1 is 1.47 bits per heavy atom. The molecule has 3 amide bonds. The number of imide groups is 1. The summed E-state index contributed by atoms with van der Waals surface area (Å²) in [5, 5.41) is 2.20. The number of carbonyl (C=O) groups excluding carboxylic acids is 2. The molecular formula is C9H15ClN2O3. The standard InChI is InChI=1S/C9H15ClN2O3/c1-12(7-2-4-15-5-3-7)9(14)11-8(13)6-10/h7H,2-6H2,1H3,(H,11,13,14). The van der Waals surface area contributed by atoms with Crippen molar-refractivity contribution in [2.45, 2.75) is 18.9 Å². The van der Waals surface area contributed by atoms with Gasteiger partial charge >= 0.3 is 6.03 Å². The fourth-order valence-corrected chi connectivity index (χ4v) is 1.55. The first-order chi connectivity index (χ1) is 7.15. The first kappa shape index (κ1) is 12.3. The van der Waals surface area contributed by atoms with Crippen molar-refractivity contribution in [3.8, 4) is 0 Å². The number of nitrogens with zero attached hydrogens (tertiary/aromatic N) is 1. The molecule has 5 nitrogen and oxygen atoms in total. The van der Waals surface area contributed by atoms with E-state index in [-0.39, 0.29) is 11.9 Å². The van der Waals surface area contributed by atoms with Gasteiger partial charge < -0.3 is 9.64 Å². The number of ether oxygens (including phenoxy) is 1. The Bertz CT molecular complexity index is 242. The summed E-state index contributed by atoms with van der Waals surface area (Å²) in [5.74, 6) is -0.673. The van der Waals surface area contributed by atoms with Crippen molar-refractivity contribution in [2.75, 3.05) is 26.1 Å². The van der Waals surface area contributed by atoms with Crippen LogP contribution in [0, 0.1) is 0 Å². The highest BCUT2D eigenvalue weighted by molar-refractivity contribution is 6.28. The van der Waals surface area contributed by atoms with E-state index in [1.54, 1.807) is 7.05 Å². The van der Waals surface area contributed by atoms with Crippen LogP contribution in [0.15, 0.2) is 0 Å². The van der Waals surface area contributed by atoms with Crippen molar-refractivity contribution in [3.05, 3.63) is 0 Å². The van der Waals surface area contributed by atoms with Gasteiger partial charge in [0.15, 0.2) is 0 Å². The van der Waals surface area contributed by atoms with Crippen LogP contribution >= 0.6 is 11.6 Å². The van der Waals surface area contributed by atoms with Crippen LogP contribution < -0.4 is 5.32 Å². The molecule has 1 aliphatic rings. The molecule has 15 heavy (non-hydrogen) atoms. The van der Waals surface area contributed by atoms with Gasteiger partial charge in [-0.25, -0.2) is 4.79 Å². The van der Waals surface area contributed by atoms with Crippen molar-refractivity contribution in [1.29, 1.82) is 0 Å². The molecule has 0 aliphatic carbocycles. The minimum atomic E-state index is -0.472. The lowest BCUT2D eigenvalue weighted by molar-refractivity contribution is -0.117. The van der Waals surface area contributed by atoms with E-state index in [0.717, 1.165) is 12.8 Å². The average molecular weight is 235 g/mol. The second-order valence-corrected chi connectivity index (χ2v) is 3.71. The first-order valence-corrected chi connectivity index (χ1v) is 5.39. The molecule has 1 saturated heterocycles. The Hall–Kier alpha value is -0.810. The maximum atomic E-state index is 11.5. The molecule has 1 rings (SSSR count). The Kier molecular flexibility index (Phi) is 4.84. The second-order valence-electron chi connectivity index (χ2n) is 3.44. The maximum Gasteiger partial charge on any atom is 0.324 e. The van der Waals surface area contributed by atoms with Gasteiger partial charge in [-0.1, -0.05) is 0 Å². The van der Waals surface area contributed by atoms with Crippen molar-refractivity contribution in [3.63, 3.8) is 0 Å². The number of urea groups is 1. The number of rotatable bonds is 2. The summed E-state index contributed by atoms with van der Waals surface area (Å²) in [6, 6.07) is -0.255. The average Bonchev–Trinajstić information content (AvgIpc) is 2.29. The van der Waals surface area contributed by atoms with Crippen LogP contribution in [-0.4, -0.2) is 49.0 Å². The molecule has 0 aromatic carbocycles. The van der Waals surface area contributed by atoms with Crippen molar-refractivity contribution < 1.29 is 14.3 Å². The molecule has 0 radical (unpaired) electrons. The molecule has 1 heterocycles. The highest BCUT2D eigenvalue weighted by Crippen LogP contribution is 2.12. The first-order valence-electron chi connectivity index (χ1n) is 4.85. The van der Waals surface area contributed by atoms with Gasteiger partial charge in [0.1, 0.15) is 5.88 Å². The van der Waals surface area contributed by atoms with E-state index in [1.807, 2.05) is 0 Å². The zero-order valence-corrected chi connectivity index (χ0v) is 9.42. The molecule has 0 saturated carbocycles. The van der Waals surface area contributed by atoms with E-state index in [4.69, 9.17) is 16.3 Å². The van der Waals surface area contributed by atoms with Crippen molar-refractivity contribution >= 4 is 23.5 Å². The summed E-state index contributed by atoms with van der Waals surface area (Å²) in [7, 11) is 1.67. The second kappa shape index (κ2) is 5.92. The molecule has 1 N–H and O–H groups in total. The third-order valence-electron chi connectivity index (χ3n) is 2.43. The van der Waals surface area contributed by atoms with Gasteiger partial charge in [-0.3, -0.25) is 10.1 Å². The molecular weight excluding hydrogens is 220 g/mol. The van der Waals surface area contributed by atoms with E-state index < -0.39 is 11.9 Å². The van der Waals surface area contributed by atoms with Gasteiger partial charge in [0, 0.05) is 26.3 Å². The molecule has 0 spiro atoms. The van der Waals surface area contributed by atoms with Crippen LogP contribution in [0.3, 0.4) is 0 Å². The van der Waals surface area contributed by atoms with Gasteiger partial charge in [-0.2, -0.15) is 0 Å². The summed E-state index contributed by atoms with van der Waals surface area (Å²) >= 11 is 5.28. The predicted molar refractivity (Wildman–Crippen MR) is 55.9 cm³/mol. The van der Waals surface area contributed by atoms with Crippen molar-refractivity contribution in [1.82, 2.24) is 10.2 Å². The fraction of sp³-hybridized carbons (Fsp3) is 0.778. The molecule has 6 heteroatoms. The van der Waals surface area contributed by atoms with E-state index in [0.29, 0.717) is 13.2 Å². The molecule has 0 bridgehead atoms. The minimum absolute atomic E-state index is 0.141. The Balaban J connectivity index is 2.40. The summed E-state index contributed by atoms with van der Waals surface area (Å²) in [6.07, 6.45) is 1.61. The van der Waals surface area contributed by atoms with E-state index in [9.17, 15) is 9.59 Å². The zero-order chi connectivity index (χ0) is 11.3. The molecule has 1 aliphatic heterocycles. The Morgan fingerprint density at radius 2 is 2.07 bits per heavy atom. The maximum absolute atomic E-state index is 11.5. The number of amides is 3. The lowest BCUT2D eigenvalue weighted by atomic mass is 10.1. The summed E-state index contributed by atoms with van der Waals surface area (Å²) in [5.41, 5.74) is 0. The van der Waals surface area contributed by atoms with Crippen molar-refractivity contribution in [2.24, 2.45) is 0 Å². The highest BCUT2D eigenvalue weighted by Gasteiger charge is 2.23. The van der Waals surface area contributed by atoms with E-state index in [1.165, 1.54) is 4.90 Å². The number of hydrogen-bond donors (Lipinski definition) is 1. The summed E-state index contributed by atoms with van der Waals surface area (Å²) < 4.78 is 5.19. The Morgan fingerprint density at radius 3 is 2.60 bits per heavy atom. The quantitative estimate of drug-likeness (QED) is 0.711. The van der Waals surface area contributed by atoms with Gasteiger partial charge in [-0.15, -0.1) is 11.6 Å². The Labute approximate surface area is 93.7 Å². The minimum Gasteiger partial charge on any atom is -0.381 e. The lowest BCUT2D eigenvalue weighted by Crippen LogP contribution is -2.47. The van der Waals surface area contributed by atoms with Gasteiger partial charge in [0.2, 0.25) is 5.91 Å². The third kappa shape index (κ3) is 3.68. The van der Waals surface area contributed by atoms with Crippen LogP contribution in [0.2, 0.25) is 0 Å². The number of carbonyl (C=O) groups is 2. The normalized spacial score (nSPS) is 17.2. The molecule has 1 fully saturated rings. The topological polar surface area (TPSA) is 58.6 Å². The van der Waals surface area contributed by atoms with Crippen LogP contribution in [-0.2, 0) is 9.53 Å². The third-order valence-corrected chi connectivity index (χ3v) is 2.67. The summed E-state index contributed by atoms with van der Waals surface area (Å²) in [6.45, 7) is 1.32. The van der Waals surface area contributed by atoms with Gasteiger partial charge in [0.25, 0.3) is 0 Å². The van der Waals surface area contributed by atoms with Crippen LogP contribution in [0.4, 0.5) is 4.79 Å². The molecule has 86 valence electrons. The van der Waals surface area contributed by atoms with Gasteiger partial charge in [0.05, 0.1) is 0 Å². The molecule has 0 unspecified atom stereocenters. The summed E-state index contributed by atoms with van der Waals surface area (Å²) in [4.78, 5) is 23.9. The lowest BCUT2D eigenvalue weighted by Gasteiger charge is -2.30. The van der Waals surface area contributed by atoms with Crippen LogP contribution in [0.1, 0.15) is 12.8 Å². The SMILES string of the molecule is CN(C(=O)NC(=O)CCl)C1CCOCC1. The number of halogens is 1. The van der Waals surface area contributed by atoms with Gasteiger partial charge in [-0.05, 0) is 12.8 Å². The predicted octanol–water partition coefficient (Wildman–Crippen LogP) is 0.572. The van der Waals surface area contributed by atoms with E-state index >= 15 is 0 Å². The smallest absolute Gasteiger partial charge is 0.324 e. The fourth-order valence-electron chi connectivity index (χ4n) is 1.48. The van der Waals surface area contributed by atoms with Crippen LogP contribution in [0.25, 0.3) is 0 Å². The highest BCUT2D eigenvalue weighted by atomic mass is 35.5. The monoisotopic (exact) mass is 234 g/mol. The largest absolute Gasteiger partial charge is 0.381 e. The number of alkyl halides is 1.